The molecule has 1 N–H and O–H groups in total. The molecule has 5 heteroatoms. The highest BCUT2D eigenvalue weighted by Gasteiger charge is 2.21. The minimum atomic E-state index is 0.0217. The zero-order valence-electron chi connectivity index (χ0n) is 18.9. The van der Waals surface area contributed by atoms with Crippen LogP contribution in [-0.2, 0) is 17.8 Å². The molecule has 0 atom stereocenters. The molecule has 0 unspecified atom stereocenters. The quantitative estimate of drug-likeness (QED) is 0.514. The molecular formula is C26H34N2O3. The lowest BCUT2D eigenvalue weighted by molar-refractivity contribution is -0.117. The van der Waals surface area contributed by atoms with E-state index in [0.717, 1.165) is 55.6 Å². The standard InChI is InChI=1S/C26H34N2O3/c1-4-28(19-20-11-7-5-8-12-20)14-10-6-9-13-27-26(29)23-15-21-17-24(30-2)25(31-3)18-22(21)16-23/h5,7-8,11-12,15,17-18H,4,6,9-10,13-14,16,19H2,1-3H3,(H,27,29). The number of hydrogen-bond acceptors (Lipinski definition) is 4. The van der Waals surface area contributed by atoms with Crippen LogP contribution in [0.5, 0.6) is 11.5 Å². The van der Waals surface area contributed by atoms with Crippen molar-refractivity contribution in [1.29, 1.82) is 0 Å². The number of nitrogens with one attached hydrogen (secondary N) is 1. The lowest BCUT2D eigenvalue weighted by atomic mass is 10.1. The van der Waals surface area contributed by atoms with E-state index in [9.17, 15) is 4.79 Å². The highest BCUT2D eigenvalue weighted by molar-refractivity contribution is 6.00. The summed E-state index contributed by atoms with van der Waals surface area (Å²) < 4.78 is 10.7. The maximum absolute atomic E-state index is 12.6. The summed E-state index contributed by atoms with van der Waals surface area (Å²) in [6.07, 6.45) is 5.84. The monoisotopic (exact) mass is 422 g/mol. The van der Waals surface area contributed by atoms with Gasteiger partial charge in [-0.05, 0) is 60.8 Å². The van der Waals surface area contributed by atoms with Gasteiger partial charge in [0.05, 0.1) is 14.2 Å². The molecule has 0 fully saturated rings. The Kier molecular flexibility index (Phi) is 8.53. The number of hydrogen-bond donors (Lipinski definition) is 1. The van der Waals surface area contributed by atoms with Crippen LogP contribution in [-0.4, -0.2) is 44.7 Å². The van der Waals surface area contributed by atoms with E-state index in [1.165, 1.54) is 5.56 Å². The van der Waals surface area contributed by atoms with E-state index >= 15 is 0 Å². The van der Waals surface area contributed by atoms with Gasteiger partial charge in [0.2, 0.25) is 5.91 Å². The molecule has 0 aromatic heterocycles. The molecule has 0 spiro atoms. The average molecular weight is 423 g/mol. The second-order valence-electron chi connectivity index (χ2n) is 7.92. The summed E-state index contributed by atoms with van der Waals surface area (Å²) in [7, 11) is 3.25. The maximum Gasteiger partial charge on any atom is 0.247 e. The average Bonchev–Trinajstić information content (AvgIpc) is 3.23. The molecule has 0 saturated carbocycles. The molecule has 1 aliphatic rings. The van der Waals surface area contributed by atoms with Crippen LogP contribution in [0.25, 0.3) is 6.08 Å². The number of carbonyl (C=O) groups is 1. The van der Waals surface area contributed by atoms with Gasteiger partial charge >= 0.3 is 0 Å². The molecule has 5 nitrogen and oxygen atoms in total. The predicted molar refractivity (Wildman–Crippen MR) is 125 cm³/mol. The molecule has 166 valence electrons. The second-order valence-corrected chi connectivity index (χ2v) is 7.92. The number of amides is 1. The SMILES string of the molecule is CCN(CCCCCNC(=O)C1=Cc2cc(OC)c(OC)cc2C1)Cc1ccccc1. The molecular weight excluding hydrogens is 388 g/mol. The topological polar surface area (TPSA) is 50.8 Å². The van der Waals surface area contributed by atoms with Crippen molar-refractivity contribution in [3.8, 4) is 11.5 Å². The Morgan fingerprint density at radius 1 is 1.03 bits per heavy atom. The van der Waals surface area contributed by atoms with Gasteiger partial charge in [-0.25, -0.2) is 0 Å². The Bertz CT molecular complexity index is 893. The fourth-order valence-corrected chi connectivity index (χ4v) is 3.96. The van der Waals surface area contributed by atoms with Crippen LogP contribution < -0.4 is 14.8 Å². The molecule has 0 bridgehead atoms. The van der Waals surface area contributed by atoms with Gasteiger partial charge in [0, 0.05) is 25.1 Å². The number of benzene rings is 2. The number of nitrogens with zero attached hydrogens (tertiary/aromatic N) is 1. The van der Waals surface area contributed by atoms with Crippen LogP contribution in [0.4, 0.5) is 0 Å². The van der Waals surface area contributed by atoms with Gasteiger partial charge in [0.15, 0.2) is 11.5 Å². The summed E-state index contributed by atoms with van der Waals surface area (Å²) in [5.41, 5.74) is 4.28. The lowest BCUT2D eigenvalue weighted by Crippen LogP contribution is -2.26. The third-order valence-electron chi connectivity index (χ3n) is 5.78. The first-order valence-electron chi connectivity index (χ1n) is 11.1. The zero-order valence-corrected chi connectivity index (χ0v) is 18.9. The third kappa shape index (κ3) is 6.34. The smallest absolute Gasteiger partial charge is 0.247 e. The molecule has 1 aliphatic carbocycles. The van der Waals surface area contributed by atoms with Crippen molar-refractivity contribution < 1.29 is 14.3 Å². The number of unbranched alkanes of at least 4 members (excludes halogenated alkanes) is 2. The van der Waals surface area contributed by atoms with Crippen molar-refractivity contribution in [2.24, 2.45) is 0 Å². The Balaban J connectivity index is 1.36. The summed E-state index contributed by atoms with van der Waals surface area (Å²) in [5, 5.41) is 3.08. The molecule has 0 radical (unpaired) electrons. The Labute approximate surface area is 186 Å². The third-order valence-corrected chi connectivity index (χ3v) is 5.78. The van der Waals surface area contributed by atoms with Crippen molar-refractivity contribution in [3.63, 3.8) is 0 Å². The van der Waals surface area contributed by atoms with Gasteiger partial charge in [0.1, 0.15) is 0 Å². The first-order valence-corrected chi connectivity index (χ1v) is 11.1. The van der Waals surface area contributed by atoms with E-state index in [1.54, 1.807) is 14.2 Å². The number of carbonyl (C=O) groups excluding carboxylic acids is 1. The minimum Gasteiger partial charge on any atom is -0.493 e. The largest absolute Gasteiger partial charge is 0.493 e. The molecule has 3 rings (SSSR count). The van der Waals surface area contributed by atoms with Crippen LogP contribution in [0.1, 0.15) is 42.9 Å². The second kappa shape index (κ2) is 11.6. The van der Waals surface area contributed by atoms with Gasteiger partial charge in [-0.15, -0.1) is 0 Å². The fraction of sp³-hybridized carbons (Fsp3) is 0.423. The van der Waals surface area contributed by atoms with Gasteiger partial charge in [-0.1, -0.05) is 43.7 Å². The highest BCUT2D eigenvalue weighted by atomic mass is 16.5. The van der Waals surface area contributed by atoms with Gasteiger partial charge < -0.3 is 14.8 Å². The lowest BCUT2D eigenvalue weighted by Gasteiger charge is -2.20. The first kappa shape index (κ1) is 22.9. The minimum absolute atomic E-state index is 0.0217. The fourth-order valence-electron chi connectivity index (χ4n) is 3.96. The summed E-state index contributed by atoms with van der Waals surface area (Å²) in [5.74, 6) is 1.41. The number of methoxy groups -OCH3 is 2. The molecule has 1 amide bonds. The summed E-state index contributed by atoms with van der Waals surface area (Å²) in [6.45, 7) is 6.06. The molecule has 0 aliphatic heterocycles. The Hall–Kier alpha value is -2.79. The molecule has 0 saturated heterocycles. The molecule has 2 aromatic rings. The van der Waals surface area contributed by atoms with Crippen LogP contribution in [0, 0.1) is 0 Å². The van der Waals surface area contributed by atoms with Gasteiger partial charge in [-0.3, -0.25) is 9.69 Å². The van der Waals surface area contributed by atoms with Gasteiger partial charge in [-0.2, -0.15) is 0 Å². The van der Waals surface area contributed by atoms with Crippen LogP contribution >= 0.6 is 0 Å². The van der Waals surface area contributed by atoms with E-state index in [4.69, 9.17) is 9.47 Å². The molecule has 31 heavy (non-hydrogen) atoms. The summed E-state index contributed by atoms with van der Waals surface area (Å²) in [4.78, 5) is 15.0. The van der Waals surface area contributed by atoms with E-state index in [2.05, 4.69) is 47.5 Å². The van der Waals surface area contributed by atoms with E-state index in [0.29, 0.717) is 24.5 Å². The van der Waals surface area contributed by atoms with E-state index in [-0.39, 0.29) is 5.91 Å². The zero-order chi connectivity index (χ0) is 22.1. The van der Waals surface area contributed by atoms with Crippen molar-refractivity contribution >= 4 is 12.0 Å². The van der Waals surface area contributed by atoms with E-state index in [1.807, 2.05) is 18.2 Å². The van der Waals surface area contributed by atoms with Crippen molar-refractivity contribution in [3.05, 3.63) is 64.7 Å². The Morgan fingerprint density at radius 3 is 2.48 bits per heavy atom. The maximum atomic E-state index is 12.6. The summed E-state index contributed by atoms with van der Waals surface area (Å²) in [6, 6.07) is 14.5. The normalized spacial score (nSPS) is 12.5. The predicted octanol–water partition coefficient (Wildman–Crippen LogP) is 4.45. The molecule has 0 heterocycles. The Morgan fingerprint density at radius 2 is 1.77 bits per heavy atom. The number of rotatable bonds is 12. The first-order chi connectivity index (χ1) is 15.1. The van der Waals surface area contributed by atoms with Crippen molar-refractivity contribution in [1.82, 2.24) is 10.2 Å². The van der Waals surface area contributed by atoms with Crippen LogP contribution in [0.3, 0.4) is 0 Å². The number of fused-ring (bicyclic) bond motifs is 1. The van der Waals surface area contributed by atoms with E-state index < -0.39 is 0 Å². The van der Waals surface area contributed by atoms with Crippen molar-refractivity contribution in [2.75, 3.05) is 33.9 Å². The number of ether oxygens (including phenoxy) is 2. The highest BCUT2D eigenvalue weighted by Crippen LogP contribution is 2.35. The van der Waals surface area contributed by atoms with Gasteiger partial charge in [0.25, 0.3) is 0 Å². The molecule has 2 aromatic carbocycles. The van der Waals surface area contributed by atoms with Crippen LogP contribution in [0.15, 0.2) is 48.0 Å². The van der Waals surface area contributed by atoms with Crippen LogP contribution in [0.2, 0.25) is 0 Å². The summed E-state index contributed by atoms with van der Waals surface area (Å²) >= 11 is 0. The van der Waals surface area contributed by atoms with Crippen molar-refractivity contribution in [2.45, 2.75) is 39.2 Å².